The number of amides is 1. The van der Waals surface area contributed by atoms with Crippen LogP contribution in [0.3, 0.4) is 0 Å². The van der Waals surface area contributed by atoms with Gasteiger partial charge >= 0.3 is 0 Å². The van der Waals surface area contributed by atoms with Crippen LogP contribution < -0.4 is 16.0 Å². The largest absolute Gasteiger partial charge is 0.339 e. The minimum absolute atomic E-state index is 0.127. The highest BCUT2D eigenvalue weighted by Crippen LogP contribution is 2.30. The lowest BCUT2D eigenvalue weighted by molar-refractivity contribution is -0.122. The summed E-state index contributed by atoms with van der Waals surface area (Å²) < 4.78 is -1.81. The second-order valence-corrected chi connectivity index (χ2v) is 10.3. The summed E-state index contributed by atoms with van der Waals surface area (Å²) in [4.78, 5) is 12.2. The van der Waals surface area contributed by atoms with Crippen LogP contribution in [0.4, 0.5) is 5.69 Å². The Balaban J connectivity index is 2.50. The molecule has 0 saturated heterocycles. The summed E-state index contributed by atoms with van der Waals surface area (Å²) in [6, 6.07) is 4.90. The number of hydrogen-bond acceptors (Lipinski definition) is 2. The molecule has 0 unspecified atom stereocenters. The number of nitrogens with one attached hydrogen (secondary N) is 3. The topological polar surface area (TPSA) is 53.2 Å². The summed E-state index contributed by atoms with van der Waals surface area (Å²) in [6.07, 6.45) is 7.15. The smallest absolute Gasteiger partial charge is 0.228 e. The van der Waals surface area contributed by atoms with Gasteiger partial charge in [-0.3, -0.25) is 4.79 Å². The average molecular weight is 522 g/mol. The Labute approximate surface area is 203 Å². The molecule has 0 spiro atoms. The van der Waals surface area contributed by atoms with Crippen LogP contribution in [-0.2, 0) is 4.79 Å². The van der Waals surface area contributed by atoms with Crippen molar-refractivity contribution in [1.82, 2.24) is 10.6 Å². The van der Waals surface area contributed by atoms with Gasteiger partial charge in [0.25, 0.3) is 0 Å². The van der Waals surface area contributed by atoms with Crippen LogP contribution in [0, 0.1) is 0 Å². The van der Waals surface area contributed by atoms with Gasteiger partial charge in [-0.15, -0.1) is 0 Å². The van der Waals surface area contributed by atoms with E-state index in [2.05, 4.69) is 22.9 Å². The third kappa shape index (κ3) is 11.7. The van der Waals surface area contributed by atoms with Crippen LogP contribution in [0.1, 0.15) is 58.3 Å². The minimum Gasteiger partial charge on any atom is -0.339 e. The molecule has 1 aromatic carbocycles. The average Bonchev–Trinajstić information content (AvgIpc) is 2.62. The van der Waals surface area contributed by atoms with E-state index >= 15 is 0 Å². The van der Waals surface area contributed by atoms with Crippen molar-refractivity contribution in [2.24, 2.45) is 0 Å². The molecule has 0 aromatic heterocycles. The molecule has 1 aromatic rings. The third-order valence-electron chi connectivity index (χ3n) is 4.09. The summed E-state index contributed by atoms with van der Waals surface area (Å²) >= 11 is 35.3. The number of benzene rings is 1. The molecule has 1 amide bonds. The summed E-state index contributed by atoms with van der Waals surface area (Å²) in [5, 5.41) is 9.39. The monoisotopic (exact) mass is 519 g/mol. The van der Waals surface area contributed by atoms with Crippen LogP contribution in [0.5, 0.6) is 0 Å². The van der Waals surface area contributed by atoms with Crippen molar-refractivity contribution in [3.63, 3.8) is 0 Å². The van der Waals surface area contributed by atoms with Gasteiger partial charge < -0.3 is 16.0 Å². The number of unbranched alkanes of at least 4 members (excludes halogenated alkanes) is 6. The van der Waals surface area contributed by atoms with Gasteiger partial charge in [-0.2, -0.15) is 0 Å². The van der Waals surface area contributed by atoms with Crippen molar-refractivity contribution < 1.29 is 4.79 Å². The van der Waals surface area contributed by atoms with Crippen LogP contribution in [0.15, 0.2) is 18.2 Å². The van der Waals surface area contributed by atoms with E-state index in [0.717, 1.165) is 19.3 Å². The molecule has 0 heterocycles. The lowest BCUT2D eigenvalue weighted by Crippen LogP contribution is -2.56. The minimum atomic E-state index is -1.81. The molecule has 29 heavy (non-hydrogen) atoms. The standard InChI is InChI=1S/C19H26Cl5N3OS/c1-2-3-4-5-6-7-8-9-16(28)26-17(19(22,23)24)27-18(29)25-15-12-13(20)10-11-14(15)21/h10-12,17H,2-9H2,1H3,(H,26,28)(H2,25,27,29)/t17-/m0/s1. The van der Waals surface area contributed by atoms with Crippen molar-refractivity contribution in [3.05, 3.63) is 28.2 Å². The Morgan fingerprint density at radius 1 is 1.03 bits per heavy atom. The maximum absolute atomic E-state index is 12.2. The normalized spacial score (nSPS) is 12.3. The van der Waals surface area contributed by atoms with Crippen molar-refractivity contribution in [2.75, 3.05) is 5.32 Å². The molecule has 0 fully saturated rings. The summed E-state index contributed by atoms with van der Waals surface area (Å²) in [6.45, 7) is 2.18. The quantitative estimate of drug-likeness (QED) is 0.124. The number of carbonyl (C=O) groups excluding carboxylic acids is 1. The lowest BCUT2D eigenvalue weighted by atomic mass is 10.1. The van der Waals surface area contributed by atoms with E-state index in [1.807, 2.05) is 0 Å². The second-order valence-electron chi connectivity index (χ2n) is 6.64. The van der Waals surface area contributed by atoms with Gasteiger partial charge in [-0.1, -0.05) is 103 Å². The fourth-order valence-corrected chi connectivity index (χ4v) is 3.45. The SMILES string of the molecule is CCCCCCCCCC(=O)N[C@@H](NC(=S)Nc1cc(Cl)ccc1Cl)C(Cl)(Cl)Cl. The summed E-state index contributed by atoms with van der Waals surface area (Å²) in [5.41, 5.74) is 0.495. The summed E-state index contributed by atoms with van der Waals surface area (Å²) in [7, 11) is 0. The van der Waals surface area contributed by atoms with E-state index in [-0.39, 0.29) is 11.0 Å². The maximum atomic E-state index is 12.2. The van der Waals surface area contributed by atoms with Gasteiger partial charge in [0, 0.05) is 11.4 Å². The lowest BCUT2D eigenvalue weighted by Gasteiger charge is -2.28. The van der Waals surface area contributed by atoms with Gasteiger partial charge in [0.05, 0.1) is 10.7 Å². The highest BCUT2D eigenvalue weighted by atomic mass is 35.6. The molecule has 0 aliphatic rings. The molecule has 164 valence electrons. The Kier molecular flexibility index (Phi) is 13.0. The number of thiocarbonyl (C=S) groups is 1. The number of rotatable bonds is 11. The van der Waals surface area contributed by atoms with Gasteiger partial charge in [0.2, 0.25) is 9.70 Å². The number of carbonyl (C=O) groups is 1. The van der Waals surface area contributed by atoms with Gasteiger partial charge in [-0.05, 0) is 36.8 Å². The van der Waals surface area contributed by atoms with Gasteiger partial charge in [0.15, 0.2) is 5.11 Å². The molecular weight excluding hydrogens is 496 g/mol. The first-order valence-electron chi connectivity index (χ1n) is 9.52. The van der Waals surface area contributed by atoms with Gasteiger partial charge in [0.1, 0.15) is 6.17 Å². The molecule has 10 heteroatoms. The molecule has 0 aliphatic heterocycles. The maximum Gasteiger partial charge on any atom is 0.228 e. The Morgan fingerprint density at radius 2 is 1.66 bits per heavy atom. The fourth-order valence-electron chi connectivity index (χ4n) is 2.56. The van der Waals surface area contributed by atoms with Crippen LogP contribution in [0.25, 0.3) is 0 Å². The molecule has 0 bridgehead atoms. The molecule has 0 radical (unpaired) electrons. The van der Waals surface area contributed by atoms with E-state index in [9.17, 15) is 4.79 Å². The zero-order valence-corrected chi connectivity index (χ0v) is 20.8. The molecule has 4 nitrogen and oxygen atoms in total. The first kappa shape index (κ1) is 26.9. The highest BCUT2D eigenvalue weighted by Gasteiger charge is 2.34. The molecule has 1 atom stereocenters. The first-order valence-corrected chi connectivity index (χ1v) is 11.8. The van der Waals surface area contributed by atoms with Crippen LogP contribution >= 0.6 is 70.2 Å². The second kappa shape index (κ2) is 14.0. The predicted molar refractivity (Wildman–Crippen MR) is 131 cm³/mol. The van der Waals surface area contributed by atoms with E-state index in [0.29, 0.717) is 22.2 Å². The van der Waals surface area contributed by atoms with E-state index < -0.39 is 9.96 Å². The molecule has 1 rings (SSSR count). The van der Waals surface area contributed by atoms with E-state index in [4.69, 9.17) is 70.2 Å². The highest BCUT2D eigenvalue weighted by molar-refractivity contribution is 7.80. The molecule has 0 saturated carbocycles. The zero-order valence-electron chi connectivity index (χ0n) is 16.2. The third-order valence-corrected chi connectivity index (χ3v) is 5.53. The molecule has 0 aliphatic carbocycles. The van der Waals surface area contributed by atoms with E-state index in [1.54, 1.807) is 18.2 Å². The fraction of sp³-hybridized carbons (Fsp3) is 0.579. The zero-order chi connectivity index (χ0) is 21.9. The number of halogens is 5. The summed E-state index contributed by atoms with van der Waals surface area (Å²) in [5.74, 6) is -0.217. The van der Waals surface area contributed by atoms with Crippen molar-refractivity contribution in [2.45, 2.75) is 68.2 Å². The van der Waals surface area contributed by atoms with E-state index in [1.165, 1.54) is 25.7 Å². The van der Waals surface area contributed by atoms with Crippen molar-refractivity contribution in [1.29, 1.82) is 0 Å². The predicted octanol–water partition coefficient (Wildman–Crippen LogP) is 7.23. The number of anilines is 1. The molecular formula is C19H26Cl5N3OS. The number of alkyl halides is 3. The number of hydrogen-bond donors (Lipinski definition) is 3. The Bertz CT molecular complexity index is 670. The van der Waals surface area contributed by atoms with Crippen LogP contribution in [-0.4, -0.2) is 21.0 Å². The van der Waals surface area contributed by atoms with Gasteiger partial charge in [-0.25, -0.2) is 0 Å². The molecule has 3 N–H and O–H groups in total. The first-order chi connectivity index (χ1) is 13.6. The van der Waals surface area contributed by atoms with Crippen LogP contribution in [0.2, 0.25) is 10.0 Å². The Hall–Kier alpha value is -0.170. The Morgan fingerprint density at radius 3 is 2.28 bits per heavy atom. The van der Waals surface area contributed by atoms with Crippen molar-refractivity contribution in [3.8, 4) is 0 Å². The van der Waals surface area contributed by atoms with Crippen molar-refractivity contribution >= 4 is 86.9 Å².